The number of rotatable bonds is 5. The molecule has 0 aliphatic rings. The van der Waals surface area contributed by atoms with E-state index in [1.165, 1.54) is 24.5 Å². The highest BCUT2D eigenvalue weighted by Crippen LogP contribution is 2.35. The number of benzene rings is 1. The number of H-pyrrole nitrogens is 2. The molecular formula is C26H19F2N7OS. The van der Waals surface area contributed by atoms with E-state index in [1.807, 2.05) is 0 Å². The lowest BCUT2D eigenvalue weighted by molar-refractivity contribution is -0.118. The van der Waals surface area contributed by atoms with Gasteiger partial charge in [0.05, 0.1) is 22.9 Å². The van der Waals surface area contributed by atoms with Crippen LogP contribution in [-0.4, -0.2) is 36.0 Å². The van der Waals surface area contributed by atoms with Crippen LogP contribution in [0.4, 0.5) is 14.5 Å². The zero-order valence-electron chi connectivity index (χ0n) is 19.6. The van der Waals surface area contributed by atoms with Gasteiger partial charge in [0.2, 0.25) is 5.91 Å². The van der Waals surface area contributed by atoms with E-state index in [9.17, 15) is 9.18 Å². The minimum Gasteiger partial charge on any atom is -0.335 e. The molecule has 0 radical (unpaired) electrons. The molecule has 6 rings (SSSR count). The second kappa shape index (κ2) is 8.86. The van der Waals surface area contributed by atoms with Gasteiger partial charge in [-0.05, 0) is 30.3 Å². The molecule has 0 bridgehead atoms. The van der Waals surface area contributed by atoms with Crippen molar-refractivity contribution in [2.75, 3.05) is 5.32 Å². The first-order valence-corrected chi connectivity index (χ1v) is 12.2. The van der Waals surface area contributed by atoms with Gasteiger partial charge in [0.25, 0.3) is 0 Å². The van der Waals surface area contributed by atoms with E-state index in [-0.39, 0.29) is 17.0 Å². The van der Waals surface area contributed by atoms with Crippen LogP contribution in [0.2, 0.25) is 0 Å². The fraction of sp³-hybridized carbons (Fsp3) is 0.115. The first-order chi connectivity index (χ1) is 17.9. The molecule has 0 aliphatic carbocycles. The van der Waals surface area contributed by atoms with E-state index in [1.54, 1.807) is 44.3 Å². The van der Waals surface area contributed by atoms with Crippen LogP contribution in [0, 0.1) is 16.9 Å². The number of amides is 1. The molecule has 0 unspecified atom stereocenters. The number of imidazole rings is 1. The van der Waals surface area contributed by atoms with Crippen LogP contribution in [0.25, 0.3) is 55.2 Å². The van der Waals surface area contributed by atoms with Crippen LogP contribution in [0.1, 0.15) is 13.8 Å². The quantitative estimate of drug-likeness (QED) is 0.254. The summed E-state index contributed by atoms with van der Waals surface area (Å²) in [5.41, 5.74) is 4.12. The second-order valence-electron chi connectivity index (χ2n) is 8.80. The summed E-state index contributed by atoms with van der Waals surface area (Å²) in [6.45, 7) is 3.58. The molecule has 0 aliphatic heterocycles. The number of pyridine rings is 2. The largest absolute Gasteiger partial charge is 0.335 e. The number of hydrogen-bond donors (Lipinski definition) is 3. The monoisotopic (exact) mass is 515 g/mol. The Hall–Kier alpha value is -4.51. The molecule has 0 saturated heterocycles. The maximum atomic E-state index is 15.1. The van der Waals surface area contributed by atoms with Crippen molar-refractivity contribution in [3.8, 4) is 33.1 Å². The maximum Gasteiger partial charge on any atom is 0.226 e. The lowest BCUT2D eigenvalue weighted by atomic mass is 10.0. The van der Waals surface area contributed by atoms with Crippen LogP contribution in [-0.2, 0) is 4.79 Å². The number of nitrogens with one attached hydrogen (secondary N) is 3. The first kappa shape index (κ1) is 22.9. The summed E-state index contributed by atoms with van der Waals surface area (Å²) >= 11 is 1.03. The average Bonchev–Trinajstić information content (AvgIpc) is 3.60. The molecule has 5 heterocycles. The summed E-state index contributed by atoms with van der Waals surface area (Å²) in [5, 5.41) is 10.4. The smallest absolute Gasteiger partial charge is 0.226 e. The van der Waals surface area contributed by atoms with Crippen molar-refractivity contribution in [1.29, 1.82) is 0 Å². The van der Waals surface area contributed by atoms with Gasteiger partial charge in [0.15, 0.2) is 16.6 Å². The molecule has 0 spiro atoms. The van der Waals surface area contributed by atoms with Crippen LogP contribution in [0.3, 0.4) is 0 Å². The summed E-state index contributed by atoms with van der Waals surface area (Å²) < 4.78 is 28.8. The number of nitrogens with zero attached hydrogens (tertiary/aromatic N) is 4. The summed E-state index contributed by atoms with van der Waals surface area (Å²) in [5.74, 6) is -0.394. The van der Waals surface area contributed by atoms with Gasteiger partial charge in [0, 0.05) is 51.3 Å². The fourth-order valence-electron chi connectivity index (χ4n) is 4.07. The van der Waals surface area contributed by atoms with E-state index in [4.69, 9.17) is 0 Å². The van der Waals surface area contributed by atoms with E-state index in [0.717, 1.165) is 21.8 Å². The van der Waals surface area contributed by atoms with Gasteiger partial charge in [-0.15, -0.1) is 11.3 Å². The zero-order valence-corrected chi connectivity index (χ0v) is 20.5. The Morgan fingerprint density at radius 2 is 1.95 bits per heavy atom. The van der Waals surface area contributed by atoms with Crippen molar-refractivity contribution >= 4 is 45.0 Å². The SMILES string of the molecule is CC(C)C(=O)Nc1cncc(-c2cc3c(-c4nc5nccc(-c6ccc(F)s6)c5[nH]4)n[nH]c3cc2F)c1. The Balaban J connectivity index is 1.44. The molecule has 37 heavy (non-hydrogen) atoms. The second-order valence-corrected chi connectivity index (χ2v) is 9.84. The van der Waals surface area contributed by atoms with Crippen LogP contribution in [0.5, 0.6) is 0 Å². The third kappa shape index (κ3) is 4.12. The molecule has 6 aromatic rings. The van der Waals surface area contributed by atoms with E-state index < -0.39 is 5.82 Å². The molecule has 11 heteroatoms. The Labute approximate surface area is 212 Å². The van der Waals surface area contributed by atoms with Gasteiger partial charge in [-0.25, -0.2) is 14.4 Å². The predicted octanol–water partition coefficient (Wildman–Crippen LogP) is 6.16. The standard InChI is InChI=1S/C26H19F2N7OS/c1-12(2)26(36)31-14-7-13(10-29-11-14)16-8-17-19(9-18(16)27)34-35-23(17)25-32-22-15(5-6-30-24(22)33-25)20-3-4-21(28)37-20/h3-12H,1-2H3,(H,31,36)(H,34,35)(H,30,32,33). The summed E-state index contributed by atoms with van der Waals surface area (Å²) in [4.78, 5) is 29.2. The molecule has 1 aromatic carbocycles. The molecule has 5 aromatic heterocycles. The molecular weight excluding hydrogens is 496 g/mol. The Morgan fingerprint density at radius 3 is 2.73 bits per heavy atom. The topological polar surface area (TPSA) is 112 Å². The number of halogens is 2. The number of carbonyl (C=O) groups excluding carboxylic acids is 1. The highest BCUT2D eigenvalue weighted by atomic mass is 32.1. The van der Waals surface area contributed by atoms with Crippen molar-refractivity contribution in [3.63, 3.8) is 0 Å². The van der Waals surface area contributed by atoms with Gasteiger partial charge in [-0.2, -0.15) is 9.49 Å². The van der Waals surface area contributed by atoms with E-state index >= 15 is 4.39 Å². The number of aromatic nitrogens is 6. The number of thiophene rings is 1. The van der Waals surface area contributed by atoms with Crippen LogP contribution >= 0.6 is 11.3 Å². The van der Waals surface area contributed by atoms with Crippen LogP contribution < -0.4 is 5.32 Å². The number of anilines is 1. The minimum absolute atomic E-state index is 0.157. The highest BCUT2D eigenvalue weighted by Gasteiger charge is 2.19. The summed E-state index contributed by atoms with van der Waals surface area (Å²) in [7, 11) is 0. The summed E-state index contributed by atoms with van der Waals surface area (Å²) in [6.07, 6.45) is 4.67. The third-order valence-corrected chi connectivity index (χ3v) is 6.85. The van der Waals surface area contributed by atoms with Crippen LogP contribution in [0.15, 0.2) is 55.0 Å². The number of hydrogen-bond acceptors (Lipinski definition) is 6. The molecule has 184 valence electrons. The van der Waals surface area contributed by atoms with Crippen molar-refractivity contribution in [2.45, 2.75) is 13.8 Å². The molecule has 3 N–H and O–H groups in total. The number of carbonyl (C=O) groups is 1. The summed E-state index contributed by atoms with van der Waals surface area (Å²) in [6, 6.07) is 9.63. The maximum absolute atomic E-state index is 15.1. The van der Waals surface area contributed by atoms with Gasteiger partial charge in [-0.1, -0.05) is 13.8 Å². The molecule has 1 amide bonds. The van der Waals surface area contributed by atoms with Crippen molar-refractivity contribution in [3.05, 3.63) is 65.9 Å². The van der Waals surface area contributed by atoms with Crippen molar-refractivity contribution in [1.82, 2.24) is 30.1 Å². The number of aromatic amines is 2. The Morgan fingerprint density at radius 1 is 1.08 bits per heavy atom. The molecule has 0 atom stereocenters. The lowest BCUT2D eigenvalue weighted by Crippen LogP contribution is -2.17. The van der Waals surface area contributed by atoms with E-state index in [0.29, 0.717) is 50.4 Å². The van der Waals surface area contributed by atoms with Gasteiger partial charge < -0.3 is 10.3 Å². The van der Waals surface area contributed by atoms with E-state index in [2.05, 4.69) is 35.5 Å². The zero-order chi connectivity index (χ0) is 25.7. The Kier molecular flexibility index (Phi) is 5.49. The van der Waals surface area contributed by atoms with Gasteiger partial charge in [0.1, 0.15) is 11.5 Å². The highest BCUT2D eigenvalue weighted by molar-refractivity contribution is 7.14. The van der Waals surface area contributed by atoms with Gasteiger partial charge >= 0.3 is 0 Å². The predicted molar refractivity (Wildman–Crippen MR) is 139 cm³/mol. The average molecular weight is 516 g/mol. The van der Waals surface area contributed by atoms with Crippen molar-refractivity contribution < 1.29 is 13.6 Å². The lowest BCUT2D eigenvalue weighted by Gasteiger charge is -2.09. The molecule has 0 saturated carbocycles. The number of fused-ring (bicyclic) bond motifs is 2. The van der Waals surface area contributed by atoms with Crippen molar-refractivity contribution in [2.24, 2.45) is 5.92 Å². The first-order valence-electron chi connectivity index (χ1n) is 11.4. The normalized spacial score (nSPS) is 11.6. The fourth-order valence-corrected chi connectivity index (χ4v) is 4.83. The molecule has 8 nitrogen and oxygen atoms in total. The minimum atomic E-state index is -0.467. The van der Waals surface area contributed by atoms with Gasteiger partial charge in [-0.3, -0.25) is 14.9 Å². The third-order valence-electron chi connectivity index (χ3n) is 5.95. The Bertz CT molecular complexity index is 1800. The molecule has 0 fully saturated rings.